The van der Waals surface area contributed by atoms with Crippen molar-refractivity contribution in [3.63, 3.8) is 0 Å². The van der Waals surface area contributed by atoms with E-state index in [1.807, 2.05) is 19.2 Å². The Morgan fingerprint density at radius 3 is 2.65 bits per heavy atom. The number of thioether (sulfide) groups is 1. The van der Waals surface area contributed by atoms with Gasteiger partial charge in [-0.2, -0.15) is 11.8 Å². The molecule has 0 aliphatic carbocycles. The second-order valence-electron chi connectivity index (χ2n) is 4.70. The largest absolute Gasteiger partial charge is 0.388 e. The van der Waals surface area contributed by atoms with Crippen molar-refractivity contribution in [1.82, 2.24) is 5.32 Å². The molecular formula is C14H23NOS. The van der Waals surface area contributed by atoms with Crippen LogP contribution in [0.15, 0.2) is 30.3 Å². The molecule has 2 nitrogen and oxygen atoms in total. The van der Waals surface area contributed by atoms with Crippen LogP contribution in [0.2, 0.25) is 0 Å². The fraction of sp³-hybridized carbons (Fsp3) is 0.571. The van der Waals surface area contributed by atoms with E-state index in [2.05, 4.69) is 29.6 Å². The second-order valence-corrected chi connectivity index (χ2v) is 5.56. The average Bonchev–Trinajstić information content (AvgIpc) is 2.30. The van der Waals surface area contributed by atoms with Gasteiger partial charge in [0.25, 0.3) is 0 Å². The highest BCUT2D eigenvalue weighted by atomic mass is 32.2. The molecular weight excluding hydrogens is 230 g/mol. The maximum atomic E-state index is 9.95. The molecule has 3 heteroatoms. The summed E-state index contributed by atoms with van der Waals surface area (Å²) in [5, 5.41) is 13.3. The quantitative estimate of drug-likeness (QED) is 0.697. The van der Waals surface area contributed by atoms with Crippen LogP contribution in [-0.4, -0.2) is 35.8 Å². The van der Waals surface area contributed by atoms with Crippen molar-refractivity contribution in [3.8, 4) is 0 Å². The van der Waals surface area contributed by atoms with Gasteiger partial charge >= 0.3 is 0 Å². The van der Waals surface area contributed by atoms with Crippen molar-refractivity contribution in [2.75, 3.05) is 25.1 Å². The molecule has 0 amide bonds. The molecule has 0 aliphatic heterocycles. The SMILES string of the molecule is CSCC(C)(O)CNCCCc1ccccc1. The van der Waals surface area contributed by atoms with Crippen LogP contribution in [0.5, 0.6) is 0 Å². The Morgan fingerprint density at radius 2 is 2.00 bits per heavy atom. The molecule has 0 radical (unpaired) electrons. The van der Waals surface area contributed by atoms with Gasteiger partial charge in [0.1, 0.15) is 0 Å². The minimum absolute atomic E-state index is 0.591. The molecule has 0 aromatic heterocycles. The molecule has 1 unspecified atom stereocenters. The summed E-state index contributed by atoms with van der Waals surface area (Å²) < 4.78 is 0. The zero-order valence-electron chi connectivity index (χ0n) is 10.8. The van der Waals surface area contributed by atoms with E-state index < -0.39 is 5.60 Å². The minimum Gasteiger partial charge on any atom is -0.388 e. The summed E-state index contributed by atoms with van der Waals surface area (Å²) in [5.74, 6) is 0.776. The number of rotatable bonds is 8. The topological polar surface area (TPSA) is 32.3 Å². The Hall–Kier alpha value is -0.510. The zero-order chi connectivity index (χ0) is 12.6. The third-order valence-electron chi connectivity index (χ3n) is 2.62. The highest BCUT2D eigenvalue weighted by Gasteiger charge is 2.18. The fourth-order valence-electron chi connectivity index (χ4n) is 1.78. The van der Waals surface area contributed by atoms with Crippen molar-refractivity contribution in [2.24, 2.45) is 0 Å². The van der Waals surface area contributed by atoms with E-state index in [1.54, 1.807) is 11.8 Å². The molecule has 1 aromatic carbocycles. The van der Waals surface area contributed by atoms with Crippen LogP contribution < -0.4 is 5.32 Å². The first kappa shape index (κ1) is 14.6. The lowest BCUT2D eigenvalue weighted by molar-refractivity contribution is 0.0850. The van der Waals surface area contributed by atoms with E-state index in [-0.39, 0.29) is 0 Å². The van der Waals surface area contributed by atoms with Crippen molar-refractivity contribution in [3.05, 3.63) is 35.9 Å². The monoisotopic (exact) mass is 253 g/mol. The van der Waals surface area contributed by atoms with Crippen LogP contribution in [0.3, 0.4) is 0 Å². The van der Waals surface area contributed by atoms with E-state index in [9.17, 15) is 5.11 Å². The Bertz CT molecular complexity index is 300. The molecule has 1 rings (SSSR count). The van der Waals surface area contributed by atoms with E-state index in [1.165, 1.54) is 5.56 Å². The van der Waals surface area contributed by atoms with Gasteiger partial charge in [-0.05, 0) is 38.1 Å². The molecule has 0 heterocycles. The molecule has 0 saturated heterocycles. The van der Waals surface area contributed by atoms with Crippen LogP contribution in [-0.2, 0) is 6.42 Å². The molecule has 0 aliphatic rings. The summed E-state index contributed by atoms with van der Waals surface area (Å²) in [5.41, 5.74) is 0.789. The molecule has 0 fully saturated rings. The highest BCUT2D eigenvalue weighted by Crippen LogP contribution is 2.09. The first-order valence-electron chi connectivity index (χ1n) is 6.10. The molecule has 1 aromatic rings. The molecule has 17 heavy (non-hydrogen) atoms. The molecule has 0 spiro atoms. The Morgan fingerprint density at radius 1 is 1.29 bits per heavy atom. The minimum atomic E-state index is -0.591. The van der Waals surface area contributed by atoms with Gasteiger partial charge in [0.15, 0.2) is 0 Å². The summed E-state index contributed by atoms with van der Waals surface area (Å²) in [6.45, 7) is 3.51. The first-order chi connectivity index (χ1) is 8.14. The maximum Gasteiger partial charge on any atom is 0.0833 e. The lowest BCUT2D eigenvalue weighted by Gasteiger charge is -2.22. The Labute approximate surface area is 109 Å². The molecule has 0 saturated carbocycles. The molecule has 2 N–H and O–H groups in total. The zero-order valence-corrected chi connectivity index (χ0v) is 11.6. The number of aliphatic hydroxyl groups is 1. The van der Waals surface area contributed by atoms with Crippen LogP contribution in [0.1, 0.15) is 18.9 Å². The first-order valence-corrected chi connectivity index (χ1v) is 7.49. The number of hydrogen-bond acceptors (Lipinski definition) is 3. The van der Waals surface area contributed by atoms with Crippen LogP contribution in [0, 0.1) is 0 Å². The Balaban J connectivity index is 2.09. The normalized spacial score (nSPS) is 14.5. The molecule has 0 bridgehead atoms. The lowest BCUT2D eigenvalue weighted by atomic mass is 10.1. The van der Waals surface area contributed by atoms with Gasteiger partial charge in [-0.1, -0.05) is 30.3 Å². The lowest BCUT2D eigenvalue weighted by Crippen LogP contribution is -2.40. The smallest absolute Gasteiger partial charge is 0.0833 e. The van der Waals surface area contributed by atoms with Crippen molar-refractivity contribution in [1.29, 1.82) is 0 Å². The predicted octanol–water partition coefficient (Wildman–Crippen LogP) is 2.32. The fourth-order valence-corrected chi connectivity index (χ4v) is 2.51. The van der Waals surface area contributed by atoms with Crippen LogP contribution in [0.4, 0.5) is 0 Å². The number of aryl methyl sites for hydroxylation is 1. The van der Waals surface area contributed by atoms with Gasteiger partial charge in [-0.25, -0.2) is 0 Å². The van der Waals surface area contributed by atoms with Gasteiger partial charge in [0, 0.05) is 12.3 Å². The van der Waals surface area contributed by atoms with Crippen molar-refractivity contribution in [2.45, 2.75) is 25.4 Å². The predicted molar refractivity (Wildman–Crippen MR) is 76.6 cm³/mol. The van der Waals surface area contributed by atoms with Gasteiger partial charge in [0.2, 0.25) is 0 Å². The summed E-state index contributed by atoms with van der Waals surface area (Å²) >= 11 is 1.68. The summed E-state index contributed by atoms with van der Waals surface area (Å²) in [6, 6.07) is 10.5. The van der Waals surface area contributed by atoms with Gasteiger partial charge in [-0.15, -0.1) is 0 Å². The van der Waals surface area contributed by atoms with E-state index in [0.717, 1.165) is 25.1 Å². The van der Waals surface area contributed by atoms with E-state index in [0.29, 0.717) is 6.54 Å². The summed E-state index contributed by atoms with van der Waals surface area (Å²) in [4.78, 5) is 0. The number of nitrogens with one attached hydrogen (secondary N) is 1. The summed E-state index contributed by atoms with van der Waals surface area (Å²) in [7, 11) is 0. The van der Waals surface area contributed by atoms with E-state index in [4.69, 9.17) is 0 Å². The van der Waals surface area contributed by atoms with Crippen molar-refractivity contribution < 1.29 is 5.11 Å². The highest BCUT2D eigenvalue weighted by molar-refractivity contribution is 7.98. The third-order valence-corrected chi connectivity index (χ3v) is 3.53. The number of benzene rings is 1. The third kappa shape index (κ3) is 6.71. The summed E-state index contributed by atoms with van der Waals surface area (Å²) in [6.07, 6.45) is 4.22. The standard InChI is InChI=1S/C14H23NOS/c1-14(16,12-17-2)11-15-10-6-9-13-7-4-3-5-8-13/h3-5,7-8,15-16H,6,9-12H2,1-2H3. The Kier molecular flexibility index (Phi) is 6.63. The average molecular weight is 253 g/mol. The van der Waals surface area contributed by atoms with Crippen molar-refractivity contribution >= 4 is 11.8 Å². The van der Waals surface area contributed by atoms with E-state index >= 15 is 0 Å². The van der Waals surface area contributed by atoms with Crippen LogP contribution >= 0.6 is 11.8 Å². The van der Waals surface area contributed by atoms with Gasteiger partial charge in [-0.3, -0.25) is 0 Å². The maximum absolute atomic E-state index is 9.95. The molecule has 96 valence electrons. The van der Waals surface area contributed by atoms with Crippen LogP contribution in [0.25, 0.3) is 0 Å². The molecule has 1 atom stereocenters. The second kappa shape index (κ2) is 7.75. The van der Waals surface area contributed by atoms with Gasteiger partial charge in [0.05, 0.1) is 5.60 Å². The number of hydrogen-bond donors (Lipinski definition) is 2. The van der Waals surface area contributed by atoms with Gasteiger partial charge < -0.3 is 10.4 Å².